The van der Waals surface area contributed by atoms with Gasteiger partial charge in [-0.3, -0.25) is 4.79 Å². The van der Waals surface area contributed by atoms with E-state index in [2.05, 4.69) is 36.1 Å². The molecular weight excluding hydrogens is 308 g/mol. The van der Waals surface area contributed by atoms with Gasteiger partial charge in [-0.2, -0.15) is 0 Å². The van der Waals surface area contributed by atoms with Crippen molar-refractivity contribution in [1.82, 2.24) is 4.90 Å². The number of nitrogens with two attached hydrogens (primary N) is 1. The number of carbonyl (C=O) groups is 1. The molecule has 0 spiro atoms. The maximum absolute atomic E-state index is 13.1. The van der Waals surface area contributed by atoms with E-state index in [1.807, 2.05) is 6.07 Å². The van der Waals surface area contributed by atoms with E-state index in [4.69, 9.17) is 5.73 Å². The van der Waals surface area contributed by atoms with Gasteiger partial charge in [0.25, 0.3) is 0 Å². The van der Waals surface area contributed by atoms with Gasteiger partial charge in [0.2, 0.25) is 5.91 Å². The summed E-state index contributed by atoms with van der Waals surface area (Å²) in [5.74, 6) is 1.19. The molecular formula is C19H29ClN2O. The van der Waals surface area contributed by atoms with Crippen molar-refractivity contribution in [2.75, 3.05) is 19.6 Å². The number of hydrogen-bond acceptors (Lipinski definition) is 2. The predicted molar refractivity (Wildman–Crippen MR) is 96.7 cm³/mol. The lowest BCUT2D eigenvalue weighted by molar-refractivity contribution is -0.147. The van der Waals surface area contributed by atoms with E-state index in [9.17, 15) is 4.79 Å². The van der Waals surface area contributed by atoms with Crippen LogP contribution in [-0.2, 0) is 4.79 Å². The summed E-state index contributed by atoms with van der Waals surface area (Å²) in [6, 6.07) is 10.6. The molecule has 1 aliphatic heterocycles. The minimum Gasteiger partial charge on any atom is -0.341 e. The maximum Gasteiger partial charge on any atom is 0.228 e. The van der Waals surface area contributed by atoms with E-state index in [0.717, 1.165) is 38.8 Å². The number of nitrogens with zero attached hydrogens (tertiary/aromatic N) is 1. The van der Waals surface area contributed by atoms with Crippen LogP contribution in [0.2, 0.25) is 0 Å². The van der Waals surface area contributed by atoms with Crippen molar-refractivity contribution in [3.05, 3.63) is 35.9 Å². The van der Waals surface area contributed by atoms with Crippen molar-refractivity contribution in [2.45, 2.75) is 44.9 Å². The van der Waals surface area contributed by atoms with Gasteiger partial charge < -0.3 is 10.6 Å². The number of likely N-dealkylation sites (tertiary alicyclic amines) is 1. The number of amides is 1. The summed E-state index contributed by atoms with van der Waals surface area (Å²) >= 11 is 0. The SMILES string of the molecule is CCCC1(C(=O)N2C[C@@H](CN)[C@H](c3ccccc3)C2)CCC1.Cl. The molecule has 3 rings (SSSR count). The summed E-state index contributed by atoms with van der Waals surface area (Å²) in [6.07, 6.45) is 5.52. The first kappa shape index (κ1) is 18.3. The maximum atomic E-state index is 13.1. The summed E-state index contributed by atoms with van der Waals surface area (Å²) < 4.78 is 0. The van der Waals surface area contributed by atoms with Crippen LogP contribution < -0.4 is 5.73 Å². The van der Waals surface area contributed by atoms with Crippen LogP contribution in [0.15, 0.2) is 30.3 Å². The number of hydrogen-bond donors (Lipinski definition) is 1. The summed E-state index contributed by atoms with van der Waals surface area (Å²) in [5, 5.41) is 0. The first-order valence-corrected chi connectivity index (χ1v) is 8.74. The van der Waals surface area contributed by atoms with E-state index in [-0.39, 0.29) is 17.8 Å². The number of halogens is 1. The average Bonchev–Trinajstić information content (AvgIpc) is 2.95. The van der Waals surface area contributed by atoms with Crippen LogP contribution in [0.5, 0.6) is 0 Å². The van der Waals surface area contributed by atoms with E-state index < -0.39 is 0 Å². The quantitative estimate of drug-likeness (QED) is 0.893. The van der Waals surface area contributed by atoms with Gasteiger partial charge in [0, 0.05) is 24.4 Å². The van der Waals surface area contributed by atoms with Gasteiger partial charge >= 0.3 is 0 Å². The molecule has 1 amide bonds. The fourth-order valence-electron chi connectivity index (χ4n) is 4.34. The van der Waals surface area contributed by atoms with Crippen LogP contribution in [0.3, 0.4) is 0 Å². The fraction of sp³-hybridized carbons (Fsp3) is 0.632. The Kier molecular flexibility index (Phi) is 6.10. The Hall–Kier alpha value is -1.06. The molecule has 1 aliphatic carbocycles. The lowest BCUT2D eigenvalue weighted by Crippen LogP contribution is -2.47. The molecule has 1 aromatic rings. The topological polar surface area (TPSA) is 46.3 Å². The zero-order chi connectivity index (χ0) is 15.6. The molecule has 1 aromatic carbocycles. The Balaban J connectivity index is 0.00000192. The Bertz CT molecular complexity index is 515. The van der Waals surface area contributed by atoms with Crippen molar-refractivity contribution in [3.8, 4) is 0 Å². The highest BCUT2D eigenvalue weighted by molar-refractivity contribution is 5.85. The molecule has 0 radical (unpaired) electrons. The molecule has 2 atom stereocenters. The van der Waals surface area contributed by atoms with Gasteiger partial charge in [0.15, 0.2) is 0 Å². The van der Waals surface area contributed by atoms with Gasteiger partial charge in [0.1, 0.15) is 0 Å². The molecule has 0 bridgehead atoms. The van der Waals surface area contributed by atoms with Crippen molar-refractivity contribution in [2.24, 2.45) is 17.1 Å². The molecule has 0 unspecified atom stereocenters. The van der Waals surface area contributed by atoms with Crippen LogP contribution in [-0.4, -0.2) is 30.4 Å². The smallest absolute Gasteiger partial charge is 0.228 e. The van der Waals surface area contributed by atoms with Crippen LogP contribution in [0.25, 0.3) is 0 Å². The minimum absolute atomic E-state index is 0. The molecule has 3 nitrogen and oxygen atoms in total. The zero-order valence-corrected chi connectivity index (χ0v) is 14.9. The summed E-state index contributed by atoms with van der Waals surface area (Å²) in [5.41, 5.74) is 7.28. The van der Waals surface area contributed by atoms with E-state index >= 15 is 0 Å². The molecule has 0 aromatic heterocycles. The fourth-order valence-corrected chi connectivity index (χ4v) is 4.34. The molecule has 1 saturated carbocycles. The first-order chi connectivity index (χ1) is 10.7. The first-order valence-electron chi connectivity index (χ1n) is 8.74. The second kappa shape index (κ2) is 7.67. The van der Waals surface area contributed by atoms with Crippen LogP contribution >= 0.6 is 12.4 Å². The third-order valence-electron chi connectivity index (χ3n) is 5.75. The second-order valence-corrected chi connectivity index (χ2v) is 7.11. The standard InChI is InChI=1S/C19H28N2O.ClH/c1-2-9-19(10-6-11-19)18(22)21-13-16(12-20)17(14-21)15-7-4-3-5-8-15;/h3-5,7-8,16-17H,2,6,9-14,20H2,1H3;1H/t16-,17+;/m1./s1. The lowest BCUT2D eigenvalue weighted by Gasteiger charge is -2.43. The molecule has 2 N–H and O–H groups in total. The highest BCUT2D eigenvalue weighted by Gasteiger charge is 2.48. The van der Waals surface area contributed by atoms with E-state index in [0.29, 0.717) is 24.3 Å². The third kappa shape index (κ3) is 3.41. The summed E-state index contributed by atoms with van der Waals surface area (Å²) in [6.45, 7) is 4.52. The average molecular weight is 337 g/mol. The molecule has 1 heterocycles. The molecule has 23 heavy (non-hydrogen) atoms. The Labute approximate surface area is 146 Å². The second-order valence-electron chi connectivity index (χ2n) is 7.11. The number of rotatable bonds is 5. The third-order valence-corrected chi connectivity index (χ3v) is 5.75. The normalized spacial score (nSPS) is 25.6. The van der Waals surface area contributed by atoms with E-state index in [1.54, 1.807) is 0 Å². The van der Waals surface area contributed by atoms with Gasteiger partial charge in [-0.05, 0) is 37.3 Å². The minimum atomic E-state index is -0.0422. The van der Waals surface area contributed by atoms with Gasteiger partial charge in [-0.15, -0.1) is 12.4 Å². The monoisotopic (exact) mass is 336 g/mol. The van der Waals surface area contributed by atoms with Gasteiger partial charge in [0.05, 0.1) is 0 Å². The zero-order valence-electron chi connectivity index (χ0n) is 14.0. The molecule has 2 aliphatic rings. The molecule has 2 fully saturated rings. The Morgan fingerprint density at radius 2 is 1.96 bits per heavy atom. The van der Waals surface area contributed by atoms with E-state index in [1.165, 1.54) is 12.0 Å². The van der Waals surface area contributed by atoms with Crippen LogP contribution in [0.4, 0.5) is 0 Å². The number of benzene rings is 1. The van der Waals surface area contributed by atoms with Crippen molar-refractivity contribution >= 4 is 18.3 Å². The van der Waals surface area contributed by atoms with Crippen LogP contribution in [0, 0.1) is 11.3 Å². The summed E-state index contributed by atoms with van der Waals surface area (Å²) in [4.78, 5) is 15.2. The highest BCUT2D eigenvalue weighted by Crippen LogP contribution is 2.47. The van der Waals surface area contributed by atoms with Crippen molar-refractivity contribution in [3.63, 3.8) is 0 Å². The van der Waals surface area contributed by atoms with Gasteiger partial charge in [-0.1, -0.05) is 50.1 Å². The number of carbonyl (C=O) groups excluding carboxylic acids is 1. The molecule has 4 heteroatoms. The highest BCUT2D eigenvalue weighted by atomic mass is 35.5. The largest absolute Gasteiger partial charge is 0.341 e. The Morgan fingerprint density at radius 1 is 1.26 bits per heavy atom. The van der Waals surface area contributed by atoms with Crippen molar-refractivity contribution in [1.29, 1.82) is 0 Å². The molecule has 1 saturated heterocycles. The molecule has 128 valence electrons. The summed E-state index contributed by atoms with van der Waals surface area (Å²) in [7, 11) is 0. The van der Waals surface area contributed by atoms with Crippen molar-refractivity contribution < 1.29 is 4.79 Å². The lowest BCUT2D eigenvalue weighted by atomic mass is 9.65. The van der Waals surface area contributed by atoms with Gasteiger partial charge in [-0.25, -0.2) is 0 Å². The van der Waals surface area contributed by atoms with Crippen LogP contribution in [0.1, 0.15) is 50.5 Å². The Morgan fingerprint density at radius 3 is 2.48 bits per heavy atom. The predicted octanol–water partition coefficient (Wildman–Crippen LogP) is 3.58.